The number of pyridine rings is 1. The van der Waals surface area contributed by atoms with Crippen molar-refractivity contribution in [2.24, 2.45) is 0 Å². The van der Waals surface area contributed by atoms with Crippen LogP contribution in [-0.4, -0.2) is 29.4 Å². The molecule has 1 N–H and O–H groups in total. The summed E-state index contributed by atoms with van der Waals surface area (Å²) in [4.78, 5) is 24.8. The highest BCUT2D eigenvalue weighted by atomic mass is 19.1. The number of aromatic nitrogens is 1. The van der Waals surface area contributed by atoms with E-state index >= 15 is 0 Å². The molecule has 0 bridgehead atoms. The molecule has 0 unspecified atom stereocenters. The molecule has 6 nitrogen and oxygen atoms in total. The Morgan fingerprint density at radius 2 is 2.04 bits per heavy atom. The molecule has 0 aliphatic heterocycles. The molecule has 25 heavy (non-hydrogen) atoms. The van der Waals surface area contributed by atoms with Crippen LogP contribution in [0.1, 0.15) is 37.2 Å². The number of halogens is 1. The van der Waals surface area contributed by atoms with Gasteiger partial charge in [0.05, 0.1) is 25.0 Å². The number of carbonyl (C=O) groups is 1. The summed E-state index contributed by atoms with van der Waals surface area (Å²) < 4.78 is 25.7. The van der Waals surface area contributed by atoms with Gasteiger partial charge in [-0.25, -0.2) is 9.18 Å². The summed E-state index contributed by atoms with van der Waals surface area (Å²) in [7, 11) is 1.38. The predicted molar refractivity (Wildman–Crippen MR) is 90.7 cm³/mol. The topological polar surface area (TPSA) is 77.8 Å². The van der Waals surface area contributed by atoms with Crippen LogP contribution in [0.3, 0.4) is 0 Å². The number of benzene rings is 1. The molecule has 0 saturated heterocycles. The Morgan fingerprint density at radius 3 is 2.60 bits per heavy atom. The zero-order valence-electron chi connectivity index (χ0n) is 14.5. The Bertz CT molecular complexity index is 857. The summed E-state index contributed by atoms with van der Waals surface area (Å²) in [6.45, 7) is 5.07. The molecular formula is C18H20FNO5. The third-order valence-corrected chi connectivity index (χ3v) is 3.67. The molecule has 1 aromatic carbocycles. The maximum absolute atomic E-state index is 14.4. The number of hydrogen-bond donors (Lipinski definition) is 1. The maximum atomic E-state index is 14.4. The fourth-order valence-electron chi connectivity index (χ4n) is 2.63. The minimum absolute atomic E-state index is 0.0292. The van der Waals surface area contributed by atoms with Crippen LogP contribution in [0.5, 0.6) is 11.5 Å². The van der Waals surface area contributed by atoms with Crippen LogP contribution in [0.15, 0.2) is 29.1 Å². The highest BCUT2D eigenvalue weighted by Gasteiger charge is 2.26. The molecule has 0 aliphatic carbocycles. The van der Waals surface area contributed by atoms with E-state index in [2.05, 4.69) is 0 Å². The summed E-state index contributed by atoms with van der Waals surface area (Å²) in [5, 5.41) is 10.2. The zero-order chi connectivity index (χ0) is 18.7. The largest absolute Gasteiger partial charge is 0.507 e. The molecule has 134 valence electrons. The van der Waals surface area contributed by atoms with Crippen molar-refractivity contribution >= 4 is 5.97 Å². The van der Waals surface area contributed by atoms with Crippen LogP contribution in [0, 0.1) is 5.82 Å². The van der Waals surface area contributed by atoms with Crippen LogP contribution >= 0.6 is 0 Å². The number of carbonyl (C=O) groups excluding carboxylic acids is 1. The van der Waals surface area contributed by atoms with Crippen LogP contribution in [-0.2, 0) is 4.74 Å². The van der Waals surface area contributed by atoms with Gasteiger partial charge < -0.3 is 19.1 Å². The zero-order valence-corrected chi connectivity index (χ0v) is 14.5. The van der Waals surface area contributed by atoms with Crippen molar-refractivity contribution in [2.75, 3.05) is 13.7 Å². The molecule has 1 heterocycles. The van der Waals surface area contributed by atoms with Gasteiger partial charge in [-0.1, -0.05) is 6.07 Å². The number of esters is 1. The molecule has 0 saturated carbocycles. The van der Waals surface area contributed by atoms with Gasteiger partial charge >= 0.3 is 5.97 Å². The highest BCUT2D eigenvalue weighted by Crippen LogP contribution is 2.35. The normalized spacial score (nSPS) is 10.8. The lowest BCUT2D eigenvalue weighted by Crippen LogP contribution is -2.30. The first-order chi connectivity index (χ1) is 11.8. The van der Waals surface area contributed by atoms with E-state index in [1.165, 1.54) is 29.9 Å². The molecular weight excluding hydrogens is 329 g/mol. The minimum atomic E-state index is -0.925. The fourth-order valence-corrected chi connectivity index (χ4v) is 2.63. The van der Waals surface area contributed by atoms with E-state index in [4.69, 9.17) is 9.47 Å². The summed E-state index contributed by atoms with van der Waals surface area (Å²) >= 11 is 0. The van der Waals surface area contributed by atoms with E-state index in [0.29, 0.717) is 0 Å². The van der Waals surface area contributed by atoms with Gasteiger partial charge in [0.25, 0.3) is 5.56 Å². The SMILES string of the molecule is CCOC(=O)c1c(O)cc(-c2c(F)cccc2OC)n(C(C)C)c1=O. The number of methoxy groups -OCH3 is 1. The molecule has 2 aromatic rings. The predicted octanol–water partition coefficient (Wildman–Crippen LogP) is 3.13. The molecule has 0 fully saturated rings. The van der Waals surface area contributed by atoms with Crippen molar-refractivity contribution < 1.29 is 23.8 Å². The number of rotatable bonds is 5. The second-order valence-corrected chi connectivity index (χ2v) is 5.60. The third kappa shape index (κ3) is 3.35. The van der Waals surface area contributed by atoms with Crippen LogP contribution in [0.2, 0.25) is 0 Å². The minimum Gasteiger partial charge on any atom is -0.507 e. The quantitative estimate of drug-likeness (QED) is 0.839. The van der Waals surface area contributed by atoms with Crippen LogP contribution in [0.25, 0.3) is 11.3 Å². The van der Waals surface area contributed by atoms with Crippen LogP contribution in [0.4, 0.5) is 4.39 Å². The maximum Gasteiger partial charge on any atom is 0.347 e. The van der Waals surface area contributed by atoms with Gasteiger partial charge in [0.15, 0.2) is 5.56 Å². The molecule has 7 heteroatoms. The standard InChI is InChI=1S/C18H20FNO5/c1-5-25-18(23)16-13(21)9-12(20(10(2)3)17(16)22)15-11(19)7-6-8-14(15)24-4/h6-10,21H,5H2,1-4H3. The lowest BCUT2D eigenvalue weighted by molar-refractivity contribution is 0.0520. The number of aromatic hydroxyl groups is 1. The number of nitrogens with zero attached hydrogens (tertiary/aromatic N) is 1. The van der Waals surface area contributed by atoms with Gasteiger partial charge in [0.2, 0.25) is 0 Å². The van der Waals surface area contributed by atoms with E-state index < -0.39 is 34.7 Å². The Hall–Kier alpha value is -2.83. The average Bonchev–Trinajstić information content (AvgIpc) is 2.53. The van der Waals surface area contributed by atoms with E-state index in [9.17, 15) is 19.1 Å². The first kappa shape index (κ1) is 18.5. The summed E-state index contributed by atoms with van der Waals surface area (Å²) in [5.74, 6) is -1.90. The van der Waals surface area contributed by atoms with E-state index in [0.717, 1.165) is 0 Å². The summed E-state index contributed by atoms with van der Waals surface area (Å²) in [6.07, 6.45) is 0. The van der Waals surface area contributed by atoms with Crippen molar-refractivity contribution in [2.45, 2.75) is 26.8 Å². The van der Waals surface area contributed by atoms with E-state index in [1.807, 2.05) is 0 Å². The van der Waals surface area contributed by atoms with Crippen molar-refractivity contribution in [1.29, 1.82) is 0 Å². The Labute approximate surface area is 144 Å². The first-order valence-electron chi connectivity index (χ1n) is 7.81. The first-order valence-corrected chi connectivity index (χ1v) is 7.81. The van der Waals surface area contributed by atoms with Gasteiger partial charge in [-0.2, -0.15) is 0 Å². The molecule has 0 amide bonds. The third-order valence-electron chi connectivity index (χ3n) is 3.67. The van der Waals surface area contributed by atoms with Gasteiger partial charge in [-0.05, 0) is 32.9 Å². The summed E-state index contributed by atoms with van der Waals surface area (Å²) in [5.41, 5.74) is -1.09. The Kier molecular flexibility index (Phi) is 5.46. The molecule has 0 aliphatic rings. The van der Waals surface area contributed by atoms with E-state index in [1.54, 1.807) is 26.8 Å². The Morgan fingerprint density at radius 1 is 1.36 bits per heavy atom. The molecule has 0 spiro atoms. The second-order valence-electron chi connectivity index (χ2n) is 5.60. The molecule has 2 rings (SSSR count). The van der Waals surface area contributed by atoms with Gasteiger partial charge in [-0.15, -0.1) is 0 Å². The van der Waals surface area contributed by atoms with Gasteiger partial charge in [-0.3, -0.25) is 4.79 Å². The lowest BCUT2D eigenvalue weighted by Gasteiger charge is -2.20. The highest BCUT2D eigenvalue weighted by molar-refractivity contribution is 5.92. The summed E-state index contributed by atoms with van der Waals surface area (Å²) in [6, 6.07) is 5.02. The molecule has 1 aromatic heterocycles. The fraction of sp³-hybridized carbons (Fsp3) is 0.333. The van der Waals surface area contributed by atoms with E-state index in [-0.39, 0.29) is 23.6 Å². The number of ether oxygens (including phenoxy) is 2. The monoisotopic (exact) mass is 349 g/mol. The van der Waals surface area contributed by atoms with Crippen molar-refractivity contribution in [3.05, 3.63) is 46.0 Å². The van der Waals surface area contributed by atoms with Crippen LogP contribution < -0.4 is 10.3 Å². The van der Waals surface area contributed by atoms with Crippen molar-refractivity contribution in [3.8, 4) is 22.8 Å². The molecule has 0 atom stereocenters. The van der Waals surface area contributed by atoms with Crippen molar-refractivity contribution in [1.82, 2.24) is 4.57 Å². The average molecular weight is 349 g/mol. The van der Waals surface area contributed by atoms with Gasteiger partial charge in [0, 0.05) is 12.1 Å². The number of hydrogen-bond acceptors (Lipinski definition) is 5. The van der Waals surface area contributed by atoms with Gasteiger partial charge in [0.1, 0.15) is 17.3 Å². The Balaban J connectivity index is 2.86. The van der Waals surface area contributed by atoms with Crippen molar-refractivity contribution in [3.63, 3.8) is 0 Å². The molecule has 0 radical (unpaired) electrons. The lowest BCUT2D eigenvalue weighted by atomic mass is 10.1. The second kappa shape index (κ2) is 7.38. The smallest absolute Gasteiger partial charge is 0.347 e.